The monoisotopic (exact) mass is 428 g/mol. The number of hydrogen-bond donors (Lipinski definition) is 3. The van der Waals surface area contributed by atoms with Crippen molar-refractivity contribution in [3.8, 4) is 0 Å². The van der Waals surface area contributed by atoms with Gasteiger partial charge < -0.3 is 10.1 Å². The molecule has 0 fully saturated rings. The van der Waals surface area contributed by atoms with Gasteiger partial charge in [-0.1, -0.05) is 24.3 Å². The molecule has 4 nitrogen and oxygen atoms in total. The molecule has 30 heavy (non-hydrogen) atoms. The Labute approximate surface area is 165 Å². The second-order valence-electron chi connectivity index (χ2n) is 7.05. The number of aliphatic carboxylic acids is 1. The lowest BCUT2D eigenvalue weighted by atomic mass is 9.87. The van der Waals surface area contributed by atoms with E-state index < -0.39 is 47.1 Å². The smallest absolute Gasteiger partial charge is 0.416 e. The first kappa shape index (κ1) is 20.3. The van der Waals surface area contributed by atoms with E-state index in [0.29, 0.717) is 28.2 Å². The molecule has 2 atom stereocenters. The van der Waals surface area contributed by atoms with E-state index in [-0.39, 0.29) is 12.5 Å². The van der Waals surface area contributed by atoms with E-state index in [1.165, 1.54) is 0 Å². The van der Waals surface area contributed by atoms with Crippen molar-refractivity contribution in [2.24, 2.45) is 0 Å². The molecule has 2 heterocycles. The molecule has 1 aliphatic heterocycles. The van der Waals surface area contributed by atoms with Crippen LogP contribution in [0.5, 0.6) is 0 Å². The molecule has 3 aromatic rings. The number of halogens is 6. The van der Waals surface area contributed by atoms with Gasteiger partial charge in [-0.15, -0.1) is 0 Å². The molecule has 1 aromatic heterocycles. The number of aromatic amines is 1. The third kappa shape index (κ3) is 3.41. The quantitative estimate of drug-likeness (QED) is 0.509. The third-order valence-electron chi connectivity index (χ3n) is 5.21. The Kier molecular flexibility index (Phi) is 4.57. The Morgan fingerprint density at radius 1 is 1.00 bits per heavy atom. The van der Waals surface area contributed by atoms with Crippen molar-refractivity contribution in [1.29, 1.82) is 0 Å². The van der Waals surface area contributed by atoms with Crippen LogP contribution in [-0.4, -0.2) is 22.1 Å². The van der Waals surface area contributed by atoms with Crippen molar-refractivity contribution < 1.29 is 36.2 Å². The van der Waals surface area contributed by atoms with Crippen LogP contribution >= 0.6 is 0 Å². The lowest BCUT2D eigenvalue weighted by Gasteiger charge is -2.31. The number of hydrogen-bond acceptors (Lipinski definition) is 2. The zero-order chi connectivity index (χ0) is 21.8. The van der Waals surface area contributed by atoms with Crippen molar-refractivity contribution in [3.63, 3.8) is 0 Å². The molecule has 0 amide bonds. The van der Waals surface area contributed by atoms with Gasteiger partial charge in [0, 0.05) is 23.0 Å². The fraction of sp³-hybridized carbons (Fsp3) is 0.250. The molecule has 0 spiro atoms. The highest BCUT2D eigenvalue weighted by Crippen LogP contribution is 2.43. The maximum absolute atomic E-state index is 13.7. The van der Waals surface area contributed by atoms with Gasteiger partial charge in [0.2, 0.25) is 0 Å². The van der Waals surface area contributed by atoms with Gasteiger partial charge in [-0.2, -0.15) is 26.3 Å². The first-order valence-corrected chi connectivity index (χ1v) is 8.83. The molecule has 2 aromatic carbocycles. The molecule has 0 radical (unpaired) electrons. The minimum Gasteiger partial charge on any atom is -0.480 e. The van der Waals surface area contributed by atoms with Crippen LogP contribution < -0.4 is 5.32 Å². The van der Waals surface area contributed by atoms with Crippen LogP contribution in [0.1, 0.15) is 34.0 Å². The first-order chi connectivity index (χ1) is 14.0. The summed E-state index contributed by atoms with van der Waals surface area (Å²) in [6.45, 7) is 0. The van der Waals surface area contributed by atoms with E-state index in [1.54, 1.807) is 24.3 Å². The van der Waals surface area contributed by atoms with Crippen LogP contribution in [0.4, 0.5) is 26.3 Å². The van der Waals surface area contributed by atoms with Crippen molar-refractivity contribution >= 4 is 16.9 Å². The van der Waals surface area contributed by atoms with E-state index in [0.717, 1.165) is 6.07 Å². The molecule has 0 saturated heterocycles. The fourth-order valence-corrected chi connectivity index (χ4v) is 3.87. The highest BCUT2D eigenvalue weighted by Gasteiger charge is 2.42. The van der Waals surface area contributed by atoms with Gasteiger partial charge in [0.05, 0.1) is 17.2 Å². The Balaban J connectivity index is 1.95. The van der Waals surface area contributed by atoms with Crippen LogP contribution in [0.3, 0.4) is 0 Å². The molecular formula is C20H14F6N2O2. The summed E-state index contributed by atoms with van der Waals surface area (Å²) in [7, 11) is 0. The summed E-state index contributed by atoms with van der Waals surface area (Å²) >= 11 is 0. The number of carbonyl (C=O) groups is 1. The highest BCUT2D eigenvalue weighted by atomic mass is 19.4. The van der Waals surface area contributed by atoms with Gasteiger partial charge in [-0.25, -0.2) is 0 Å². The van der Waals surface area contributed by atoms with Gasteiger partial charge in [0.15, 0.2) is 0 Å². The number of alkyl halides is 6. The lowest BCUT2D eigenvalue weighted by molar-refractivity contribution is -0.143. The van der Waals surface area contributed by atoms with E-state index in [2.05, 4.69) is 10.3 Å². The Morgan fingerprint density at radius 2 is 1.70 bits per heavy atom. The van der Waals surface area contributed by atoms with E-state index in [9.17, 15) is 36.2 Å². The van der Waals surface area contributed by atoms with E-state index in [1.807, 2.05) is 0 Å². The molecule has 3 N–H and O–H groups in total. The second kappa shape index (κ2) is 6.76. The molecule has 0 bridgehead atoms. The molecule has 10 heteroatoms. The summed E-state index contributed by atoms with van der Waals surface area (Å²) in [5.74, 6) is -1.27. The Bertz CT molecular complexity index is 1130. The maximum atomic E-state index is 13.7. The molecule has 0 unspecified atom stereocenters. The molecule has 0 aliphatic carbocycles. The lowest BCUT2D eigenvalue weighted by Crippen LogP contribution is -2.45. The van der Waals surface area contributed by atoms with Crippen LogP contribution in [0, 0.1) is 0 Å². The van der Waals surface area contributed by atoms with Crippen LogP contribution in [0.2, 0.25) is 0 Å². The highest BCUT2D eigenvalue weighted by molar-refractivity contribution is 5.87. The number of aromatic nitrogens is 1. The molecule has 1 aliphatic rings. The molecule has 4 rings (SSSR count). The van der Waals surface area contributed by atoms with E-state index >= 15 is 0 Å². The number of carboxylic acids is 1. The standard InChI is InChI=1S/C20H14F6N2O2/c21-19(22,23)9-5-6-11(13(7-9)20(24,25)26)16-17-12(8-15(28-16)18(29)30)10-3-1-2-4-14(10)27-17/h1-7,15-16,27-28H,8H2,(H,29,30)/t15-,16+/m0/s1. The van der Waals surface area contributed by atoms with Crippen LogP contribution in [-0.2, 0) is 23.6 Å². The number of H-pyrrole nitrogens is 1. The van der Waals surface area contributed by atoms with Crippen LogP contribution in [0.25, 0.3) is 10.9 Å². The Hall–Kier alpha value is -3.01. The van der Waals surface area contributed by atoms with Gasteiger partial charge in [-0.3, -0.25) is 10.1 Å². The number of carboxylic acid groups (broad SMARTS) is 1. The third-order valence-corrected chi connectivity index (χ3v) is 5.21. The van der Waals surface area contributed by atoms with Crippen molar-refractivity contribution in [2.75, 3.05) is 0 Å². The van der Waals surface area contributed by atoms with Gasteiger partial charge >= 0.3 is 18.3 Å². The largest absolute Gasteiger partial charge is 0.480 e. The number of nitrogens with one attached hydrogen (secondary N) is 2. The normalized spacial score (nSPS) is 19.7. The number of para-hydroxylation sites is 1. The summed E-state index contributed by atoms with van der Waals surface area (Å²) in [5.41, 5.74) is -1.95. The fourth-order valence-electron chi connectivity index (χ4n) is 3.87. The van der Waals surface area contributed by atoms with Crippen molar-refractivity contribution in [3.05, 3.63) is 70.4 Å². The van der Waals surface area contributed by atoms with Gasteiger partial charge in [0.1, 0.15) is 6.04 Å². The van der Waals surface area contributed by atoms with Gasteiger partial charge in [0.25, 0.3) is 0 Å². The minimum atomic E-state index is -5.07. The first-order valence-electron chi connectivity index (χ1n) is 8.83. The number of fused-ring (bicyclic) bond motifs is 3. The average Bonchev–Trinajstić information content (AvgIpc) is 3.04. The minimum absolute atomic E-state index is 0.0210. The summed E-state index contributed by atoms with van der Waals surface area (Å²) in [6.07, 6.45) is -10.00. The summed E-state index contributed by atoms with van der Waals surface area (Å²) in [4.78, 5) is 14.6. The average molecular weight is 428 g/mol. The predicted molar refractivity (Wildman–Crippen MR) is 94.9 cm³/mol. The van der Waals surface area contributed by atoms with Crippen molar-refractivity contribution in [2.45, 2.75) is 30.9 Å². The summed E-state index contributed by atoms with van der Waals surface area (Å²) in [6, 6.07) is 5.72. The number of rotatable bonds is 2. The van der Waals surface area contributed by atoms with E-state index in [4.69, 9.17) is 0 Å². The summed E-state index contributed by atoms with van der Waals surface area (Å²) in [5, 5.41) is 12.8. The topological polar surface area (TPSA) is 65.1 Å². The predicted octanol–water partition coefficient (Wildman–Crippen LogP) is 4.89. The zero-order valence-corrected chi connectivity index (χ0v) is 15.0. The molecular weight excluding hydrogens is 414 g/mol. The molecule has 158 valence electrons. The SMILES string of the molecule is O=C(O)[C@@H]1Cc2c([nH]c3ccccc23)[C@@H](c2ccc(C(F)(F)F)cc2C(F)(F)F)N1. The number of benzene rings is 2. The maximum Gasteiger partial charge on any atom is 0.416 e. The second-order valence-corrected chi connectivity index (χ2v) is 7.05. The van der Waals surface area contributed by atoms with Crippen molar-refractivity contribution in [1.82, 2.24) is 10.3 Å². The Morgan fingerprint density at radius 3 is 2.33 bits per heavy atom. The summed E-state index contributed by atoms with van der Waals surface area (Å²) < 4.78 is 80.1. The zero-order valence-electron chi connectivity index (χ0n) is 15.0. The van der Waals surface area contributed by atoms with Crippen LogP contribution in [0.15, 0.2) is 42.5 Å². The van der Waals surface area contributed by atoms with Gasteiger partial charge in [-0.05, 0) is 29.3 Å². The molecule has 0 saturated carbocycles.